The van der Waals surface area contributed by atoms with Crippen LogP contribution in [0.25, 0.3) is 10.9 Å². The maximum Gasteiger partial charge on any atom is 0.256 e. The first kappa shape index (κ1) is 13.0. The number of nitrogens with zero attached hydrogens (tertiary/aromatic N) is 1. The first-order chi connectivity index (χ1) is 9.72. The van der Waals surface area contributed by atoms with Crippen LogP contribution in [0.3, 0.4) is 0 Å². The van der Waals surface area contributed by atoms with Crippen molar-refractivity contribution in [1.29, 1.82) is 0 Å². The summed E-state index contributed by atoms with van der Waals surface area (Å²) in [5.74, 6) is 0.921. The molecule has 0 atom stereocenters. The topological polar surface area (TPSA) is 45.3 Å². The Morgan fingerprint density at radius 3 is 2.70 bits per heavy atom. The van der Waals surface area contributed by atoms with E-state index in [1.807, 2.05) is 30.0 Å². The van der Waals surface area contributed by atoms with E-state index < -0.39 is 0 Å². The predicted molar refractivity (Wildman–Crippen MR) is 79.3 cm³/mol. The van der Waals surface area contributed by atoms with E-state index in [0.29, 0.717) is 0 Å². The van der Waals surface area contributed by atoms with E-state index >= 15 is 0 Å². The Hall–Kier alpha value is -1.97. The molecule has 2 aromatic rings. The number of methoxy groups -OCH3 is 1. The van der Waals surface area contributed by atoms with Crippen molar-refractivity contribution < 1.29 is 9.53 Å². The number of aryl methyl sites for hydroxylation is 1. The summed E-state index contributed by atoms with van der Waals surface area (Å²) in [7, 11) is 1.65. The van der Waals surface area contributed by atoms with Gasteiger partial charge in [-0.3, -0.25) is 4.79 Å². The van der Waals surface area contributed by atoms with E-state index in [-0.39, 0.29) is 5.91 Å². The van der Waals surface area contributed by atoms with Crippen LogP contribution in [0.15, 0.2) is 18.2 Å². The normalized spacial score (nSPS) is 15.6. The van der Waals surface area contributed by atoms with Gasteiger partial charge >= 0.3 is 0 Å². The molecule has 2 heterocycles. The van der Waals surface area contributed by atoms with Crippen molar-refractivity contribution in [1.82, 2.24) is 9.88 Å². The average molecular weight is 272 g/mol. The first-order valence-corrected chi connectivity index (χ1v) is 7.17. The maximum atomic E-state index is 12.8. The molecule has 0 spiro atoms. The molecular formula is C16H20N2O2. The minimum Gasteiger partial charge on any atom is -0.495 e. The Balaban J connectivity index is 2.06. The van der Waals surface area contributed by atoms with E-state index in [0.717, 1.165) is 53.8 Å². The van der Waals surface area contributed by atoms with E-state index in [1.165, 1.54) is 6.42 Å². The Morgan fingerprint density at radius 2 is 2.00 bits per heavy atom. The van der Waals surface area contributed by atoms with Crippen molar-refractivity contribution in [3.63, 3.8) is 0 Å². The number of likely N-dealkylation sites (tertiary alicyclic amines) is 1. The Morgan fingerprint density at radius 1 is 1.25 bits per heavy atom. The van der Waals surface area contributed by atoms with Crippen molar-refractivity contribution in [2.75, 3.05) is 20.2 Å². The summed E-state index contributed by atoms with van der Waals surface area (Å²) in [5.41, 5.74) is 2.62. The molecule has 1 aromatic heterocycles. The second kappa shape index (κ2) is 5.19. The molecule has 1 amide bonds. The molecule has 4 heteroatoms. The number of H-pyrrole nitrogens is 1. The number of hydrogen-bond acceptors (Lipinski definition) is 2. The number of carbonyl (C=O) groups is 1. The van der Waals surface area contributed by atoms with Gasteiger partial charge in [0.15, 0.2) is 0 Å². The van der Waals surface area contributed by atoms with Crippen LogP contribution in [0.4, 0.5) is 0 Å². The van der Waals surface area contributed by atoms with Gasteiger partial charge in [-0.25, -0.2) is 0 Å². The highest BCUT2D eigenvalue weighted by atomic mass is 16.5. The number of nitrogens with one attached hydrogen (secondary N) is 1. The van der Waals surface area contributed by atoms with Gasteiger partial charge in [-0.2, -0.15) is 0 Å². The molecule has 1 aromatic carbocycles. The third-order valence-corrected chi connectivity index (χ3v) is 4.06. The Bertz CT molecular complexity index is 639. The number of hydrogen-bond donors (Lipinski definition) is 1. The van der Waals surface area contributed by atoms with E-state index in [4.69, 9.17) is 4.74 Å². The molecule has 20 heavy (non-hydrogen) atoms. The molecule has 0 aliphatic carbocycles. The second-order valence-electron chi connectivity index (χ2n) is 5.36. The highest BCUT2D eigenvalue weighted by Gasteiger charge is 2.24. The molecule has 1 saturated heterocycles. The summed E-state index contributed by atoms with van der Waals surface area (Å²) in [5, 5.41) is 0.956. The smallest absolute Gasteiger partial charge is 0.256 e. The van der Waals surface area contributed by atoms with Crippen LogP contribution in [0.1, 0.15) is 35.3 Å². The quantitative estimate of drug-likeness (QED) is 0.913. The minimum absolute atomic E-state index is 0.140. The van der Waals surface area contributed by atoms with Crippen LogP contribution in [0.5, 0.6) is 5.75 Å². The monoisotopic (exact) mass is 272 g/mol. The molecule has 106 valence electrons. The molecule has 1 aliphatic heterocycles. The number of benzene rings is 1. The zero-order valence-electron chi connectivity index (χ0n) is 12.0. The fraction of sp³-hybridized carbons (Fsp3) is 0.438. The van der Waals surface area contributed by atoms with Crippen LogP contribution in [0, 0.1) is 6.92 Å². The molecule has 1 N–H and O–H groups in total. The molecule has 4 nitrogen and oxygen atoms in total. The van der Waals surface area contributed by atoms with Gasteiger partial charge in [-0.15, -0.1) is 0 Å². The van der Waals surface area contributed by atoms with Crippen molar-refractivity contribution in [3.8, 4) is 5.75 Å². The third kappa shape index (κ3) is 2.05. The SMILES string of the molecule is COc1cccc2c(C(=O)N3CCCCC3)c(C)[nH]c12. The average Bonchev–Trinajstić information content (AvgIpc) is 2.83. The third-order valence-electron chi connectivity index (χ3n) is 4.06. The molecule has 0 bridgehead atoms. The van der Waals surface area contributed by atoms with E-state index in [2.05, 4.69) is 4.98 Å². The van der Waals surface area contributed by atoms with Gasteiger partial charge < -0.3 is 14.6 Å². The number of ether oxygens (including phenoxy) is 1. The first-order valence-electron chi connectivity index (χ1n) is 7.17. The number of fused-ring (bicyclic) bond motifs is 1. The highest BCUT2D eigenvalue weighted by molar-refractivity contribution is 6.09. The van der Waals surface area contributed by atoms with Gasteiger partial charge in [-0.05, 0) is 32.3 Å². The molecule has 1 fully saturated rings. The lowest BCUT2D eigenvalue weighted by molar-refractivity contribution is 0.0725. The number of aromatic nitrogens is 1. The number of para-hydroxylation sites is 1. The lowest BCUT2D eigenvalue weighted by Gasteiger charge is -2.26. The number of amides is 1. The van der Waals surface area contributed by atoms with Gasteiger partial charge in [0.25, 0.3) is 5.91 Å². The summed E-state index contributed by atoms with van der Waals surface area (Å²) in [4.78, 5) is 18.0. The number of rotatable bonds is 2. The number of carbonyl (C=O) groups excluding carboxylic acids is 1. The molecule has 0 unspecified atom stereocenters. The van der Waals surface area contributed by atoms with Crippen LogP contribution in [0.2, 0.25) is 0 Å². The van der Waals surface area contributed by atoms with Crippen molar-refractivity contribution in [2.45, 2.75) is 26.2 Å². The maximum absolute atomic E-state index is 12.8. The molecule has 0 radical (unpaired) electrons. The molecule has 3 rings (SSSR count). The predicted octanol–water partition coefficient (Wildman–Crippen LogP) is 3.11. The summed E-state index contributed by atoms with van der Waals surface area (Å²) in [6.07, 6.45) is 3.44. The fourth-order valence-corrected chi connectivity index (χ4v) is 3.02. The van der Waals surface area contributed by atoms with Crippen LogP contribution in [-0.4, -0.2) is 36.0 Å². The van der Waals surface area contributed by atoms with E-state index in [1.54, 1.807) is 7.11 Å². The number of piperidine rings is 1. The summed E-state index contributed by atoms with van der Waals surface area (Å²) >= 11 is 0. The van der Waals surface area contributed by atoms with Gasteiger partial charge in [-0.1, -0.05) is 12.1 Å². The molecular weight excluding hydrogens is 252 g/mol. The Kier molecular flexibility index (Phi) is 3.38. The second-order valence-corrected chi connectivity index (χ2v) is 5.36. The summed E-state index contributed by atoms with van der Waals surface area (Å²) < 4.78 is 5.36. The standard InChI is InChI=1S/C16H20N2O2/c1-11-14(16(19)18-9-4-3-5-10-18)12-7-6-8-13(20-2)15(12)17-11/h6-8,17H,3-5,9-10H2,1-2H3. The van der Waals surface area contributed by atoms with Crippen molar-refractivity contribution in [3.05, 3.63) is 29.5 Å². The van der Waals surface area contributed by atoms with Gasteiger partial charge in [0.2, 0.25) is 0 Å². The van der Waals surface area contributed by atoms with Gasteiger partial charge in [0, 0.05) is 24.2 Å². The van der Waals surface area contributed by atoms with Crippen LogP contribution < -0.4 is 4.74 Å². The summed E-state index contributed by atoms with van der Waals surface area (Å²) in [6.45, 7) is 3.69. The lowest BCUT2D eigenvalue weighted by atomic mass is 10.1. The zero-order chi connectivity index (χ0) is 14.1. The zero-order valence-corrected chi connectivity index (χ0v) is 12.0. The van der Waals surface area contributed by atoms with Crippen molar-refractivity contribution >= 4 is 16.8 Å². The minimum atomic E-state index is 0.140. The van der Waals surface area contributed by atoms with Crippen molar-refractivity contribution in [2.24, 2.45) is 0 Å². The van der Waals surface area contributed by atoms with Gasteiger partial charge in [0.05, 0.1) is 18.2 Å². The Labute approximate surface area is 118 Å². The molecule has 1 aliphatic rings. The highest BCUT2D eigenvalue weighted by Crippen LogP contribution is 2.30. The number of aromatic amines is 1. The largest absolute Gasteiger partial charge is 0.495 e. The lowest BCUT2D eigenvalue weighted by Crippen LogP contribution is -2.35. The summed E-state index contributed by atoms with van der Waals surface area (Å²) in [6, 6.07) is 5.83. The van der Waals surface area contributed by atoms with Crippen LogP contribution >= 0.6 is 0 Å². The van der Waals surface area contributed by atoms with E-state index in [9.17, 15) is 4.79 Å². The van der Waals surface area contributed by atoms with Crippen LogP contribution in [-0.2, 0) is 0 Å². The fourth-order valence-electron chi connectivity index (χ4n) is 3.02. The van der Waals surface area contributed by atoms with Gasteiger partial charge in [0.1, 0.15) is 5.75 Å². The molecule has 0 saturated carbocycles.